The van der Waals surface area contributed by atoms with Gasteiger partial charge in [0.1, 0.15) is 29.2 Å². The molecule has 0 radical (unpaired) electrons. The molecule has 0 aliphatic carbocycles. The number of aromatic carboxylic acids is 1. The highest BCUT2D eigenvalue weighted by atomic mass is 35.5. The summed E-state index contributed by atoms with van der Waals surface area (Å²) in [5.74, 6) is -5.89. The minimum absolute atomic E-state index is 0.101. The molecule has 0 bridgehead atoms. The molecule has 1 heterocycles. The van der Waals surface area contributed by atoms with Crippen molar-refractivity contribution in [2.75, 3.05) is 0 Å². The zero-order valence-electron chi connectivity index (χ0n) is 18.4. The summed E-state index contributed by atoms with van der Waals surface area (Å²) in [4.78, 5) is 41.0. The maximum atomic E-state index is 14.4. The minimum Gasteiger partial charge on any atom is -0.477 e. The Balaban J connectivity index is 2.24. The molecular formula is C23H21ClF3N3O4. The fourth-order valence-electron chi connectivity index (χ4n) is 3.62. The fourth-order valence-corrected chi connectivity index (χ4v) is 3.80. The number of amides is 2. The molecule has 1 atom stereocenters. The third-order valence-corrected chi connectivity index (χ3v) is 5.18. The summed E-state index contributed by atoms with van der Waals surface area (Å²) in [5, 5.41) is 13.0. The zero-order valence-corrected chi connectivity index (χ0v) is 19.1. The largest absolute Gasteiger partial charge is 0.477 e. The lowest BCUT2D eigenvalue weighted by Crippen LogP contribution is -2.47. The van der Waals surface area contributed by atoms with Crippen LogP contribution >= 0.6 is 11.6 Å². The number of rotatable bonds is 7. The van der Waals surface area contributed by atoms with Crippen molar-refractivity contribution in [2.45, 2.75) is 38.9 Å². The van der Waals surface area contributed by atoms with E-state index in [0.717, 1.165) is 4.90 Å². The Morgan fingerprint density at radius 3 is 2.32 bits per heavy atom. The van der Waals surface area contributed by atoms with Crippen molar-refractivity contribution in [1.82, 2.24) is 15.2 Å². The first-order chi connectivity index (χ1) is 15.8. The molecule has 0 spiro atoms. The predicted octanol–water partition coefficient (Wildman–Crippen LogP) is 4.55. The molecule has 1 unspecified atom stereocenters. The lowest BCUT2D eigenvalue weighted by Gasteiger charge is -2.31. The number of halogens is 4. The van der Waals surface area contributed by atoms with E-state index >= 15 is 0 Å². The molecule has 7 nitrogen and oxygen atoms in total. The highest BCUT2D eigenvalue weighted by Crippen LogP contribution is 2.35. The number of aromatic amines is 1. The van der Waals surface area contributed by atoms with E-state index in [9.17, 15) is 32.7 Å². The van der Waals surface area contributed by atoms with Crippen LogP contribution in [0.3, 0.4) is 0 Å². The number of hydrogen-bond acceptors (Lipinski definition) is 3. The summed E-state index contributed by atoms with van der Waals surface area (Å²) in [5.41, 5.74) is -1.69. The normalized spacial score (nSPS) is 12.4. The first kappa shape index (κ1) is 25.1. The van der Waals surface area contributed by atoms with E-state index < -0.39 is 58.7 Å². The summed E-state index contributed by atoms with van der Waals surface area (Å²) in [7, 11) is 0. The van der Waals surface area contributed by atoms with E-state index in [1.165, 1.54) is 18.2 Å². The van der Waals surface area contributed by atoms with Crippen molar-refractivity contribution in [3.8, 4) is 0 Å². The molecule has 0 saturated carbocycles. The van der Waals surface area contributed by atoms with E-state index in [2.05, 4.69) is 10.3 Å². The van der Waals surface area contributed by atoms with Gasteiger partial charge in [-0.25, -0.2) is 18.0 Å². The van der Waals surface area contributed by atoms with Crippen LogP contribution in [-0.4, -0.2) is 38.8 Å². The number of carboxylic acids is 1. The molecule has 0 saturated heterocycles. The molecule has 3 rings (SSSR count). The second kappa shape index (κ2) is 9.38. The molecule has 1 aromatic heterocycles. The lowest BCUT2D eigenvalue weighted by atomic mass is 9.98. The average molecular weight is 496 g/mol. The number of fused-ring (bicyclic) bond motifs is 1. The molecule has 34 heavy (non-hydrogen) atoms. The number of hydrogen-bond donors (Lipinski definition) is 3. The smallest absolute Gasteiger partial charge is 0.352 e. The van der Waals surface area contributed by atoms with E-state index in [4.69, 9.17) is 11.6 Å². The lowest BCUT2D eigenvalue weighted by molar-refractivity contribution is -0.134. The van der Waals surface area contributed by atoms with Crippen LogP contribution in [0.1, 0.15) is 48.4 Å². The van der Waals surface area contributed by atoms with Gasteiger partial charge in [0.2, 0.25) is 12.3 Å². The Kier molecular flexibility index (Phi) is 6.92. The van der Waals surface area contributed by atoms with Crippen molar-refractivity contribution >= 4 is 40.8 Å². The number of H-pyrrole nitrogens is 1. The van der Waals surface area contributed by atoms with Gasteiger partial charge in [-0.05, 0) is 32.9 Å². The Hall–Kier alpha value is -3.53. The highest BCUT2D eigenvalue weighted by Gasteiger charge is 2.36. The first-order valence-electron chi connectivity index (χ1n) is 10.0. The first-order valence-corrected chi connectivity index (χ1v) is 10.4. The second-order valence-corrected chi connectivity index (χ2v) is 9.11. The third kappa shape index (κ3) is 5.17. The predicted molar refractivity (Wildman–Crippen MR) is 119 cm³/mol. The monoisotopic (exact) mass is 495 g/mol. The molecular weight excluding hydrogens is 475 g/mol. The molecule has 0 aliphatic heterocycles. The average Bonchev–Trinajstić information content (AvgIpc) is 3.06. The maximum Gasteiger partial charge on any atom is 0.352 e. The molecule has 3 aromatic rings. The molecule has 2 amide bonds. The van der Waals surface area contributed by atoms with Crippen molar-refractivity contribution in [2.24, 2.45) is 0 Å². The Bertz CT molecular complexity index is 1260. The van der Waals surface area contributed by atoms with Gasteiger partial charge in [0.15, 0.2) is 0 Å². The van der Waals surface area contributed by atoms with Crippen molar-refractivity contribution in [3.63, 3.8) is 0 Å². The molecule has 2 aromatic carbocycles. The Morgan fingerprint density at radius 1 is 1.18 bits per heavy atom. The summed E-state index contributed by atoms with van der Waals surface area (Å²) in [6.07, 6.45) is 0.176. The van der Waals surface area contributed by atoms with Crippen LogP contribution in [0.5, 0.6) is 0 Å². The van der Waals surface area contributed by atoms with Crippen LogP contribution in [0, 0.1) is 17.5 Å². The van der Waals surface area contributed by atoms with Crippen LogP contribution in [0.2, 0.25) is 5.02 Å². The number of aromatic nitrogens is 1. The highest BCUT2D eigenvalue weighted by molar-refractivity contribution is 6.31. The van der Waals surface area contributed by atoms with Crippen LogP contribution in [0.4, 0.5) is 13.2 Å². The number of nitrogens with zero attached hydrogens (tertiary/aromatic N) is 1. The maximum absolute atomic E-state index is 14.4. The van der Waals surface area contributed by atoms with Gasteiger partial charge < -0.3 is 20.3 Å². The Morgan fingerprint density at radius 2 is 1.79 bits per heavy atom. The van der Waals surface area contributed by atoms with Crippen molar-refractivity contribution in [3.05, 3.63) is 69.6 Å². The molecule has 180 valence electrons. The number of carbonyl (C=O) groups is 3. The van der Waals surface area contributed by atoms with Gasteiger partial charge in [-0.1, -0.05) is 17.7 Å². The quantitative estimate of drug-likeness (QED) is 0.418. The molecule has 0 aliphatic rings. The summed E-state index contributed by atoms with van der Waals surface area (Å²) >= 11 is 6.01. The van der Waals surface area contributed by atoms with Crippen LogP contribution in [0.15, 0.2) is 30.3 Å². The van der Waals surface area contributed by atoms with Crippen LogP contribution in [0.25, 0.3) is 10.9 Å². The zero-order chi connectivity index (χ0) is 25.4. The van der Waals surface area contributed by atoms with Gasteiger partial charge in [0.05, 0.1) is 6.54 Å². The van der Waals surface area contributed by atoms with Gasteiger partial charge in [-0.3, -0.25) is 9.59 Å². The third-order valence-electron chi connectivity index (χ3n) is 4.95. The molecule has 0 fully saturated rings. The van der Waals surface area contributed by atoms with Gasteiger partial charge in [0, 0.05) is 44.7 Å². The number of carboxylic acid groups (broad SMARTS) is 1. The van der Waals surface area contributed by atoms with Crippen molar-refractivity contribution < 1.29 is 32.7 Å². The van der Waals surface area contributed by atoms with E-state index in [1.807, 2.05) is 0 Å². The summed E-state index contributed by atoms with van der Waals surface area (Å²) in [6, 6.07) is 3.66. The van der Waals surface area contributed by atoms with E-state index in [0.29, 0.717) is 12.1 Å². The van der Waals surface area contributed by atoms with Gasteiger partial charge >= 0.3 is 5.97 Å². The number of carbonyl (C=O) groups excluding carboxylic acids is 2. The molecule has 11 heteroatoms. The summed E-state index contributed by atoms with van der Waals surface area (Å²) in [6.45, 7) is 4.22. The number of benzene rings is 2. The molecule has 3 N–H and O–H groups in total. The minimum atomic E-state index is -1.61. The SMILES string of the molecule is CC(C)(C)NC(=O)C(c1c(C(=O)O)[nH]c2cc(Cl)ccc12)N(C=O)Cc1c(F)cc(F)cc1F. The number of nitrogens with one attached hydrogen (secondary N) is 2. The van der Waals surface area contributed by atoms with E-state index in [1.54, 1.807) is 20.8 Å². The van der Waals surface area contributed by atoms with Crippen LogP contribution < -0.4 is 5.32 Å². The van der Waals surface area contributed by atoms with Gasteiger partial charge in [-0.15, -0.1) is 0 Å². The second-order valence-electron chi connectivity index (χ2n) is 8.68. The summed E-state index contributed by atoms with van der Waals surface area (Å²) < 4.78 is 42.1. The van der Waals surface area contributed by atoms with E-state index in [-0.39, 0.29) is 27.9 Å². The van der Waals surface area contributed by atoms with Gasteiger partial charge in [0.25, 0.3) is 0 Å². The van der Waals surface area contributed by atoms with Crippen LogP contribution in [-0.2, 0) is 16.1 Å². The standard InChI is InChI=1S/C23H21ClF3N3O4/c1-23(2,3)29-21(32)20(30(10-31)9-14-15(26)7-12(25)8-16(14)27)18-13-5-4-11(24)6-17(13)28-19(18)22(33)34/h4-8,10,20,28H,9H2,1-3H3,(H,29,32)(H,33,34). The van der Waals surface area contributed by atoms with Gasteiger partial charge in [-0.2, -0.15) is 0 Å². The fraction of sp³-hybridized carbons (Fsp3) is 0.261. The van der Waals surface area contributed by atoms with Crippen molar-refractivity contribution in [1.29, 1.82) is 0 Å². The Labute approximate surface area is 197 Å². The topological polar surface area (TPSA) is 102 Å².